The molecule has 2 aliphatic heterocycles. The first kappa shape index (κ1) is 18.5. The highest BCUT2D eigenvalue weighted by molar-refractivity contribution is 6.31. The van der Waals surface area contributed by atoms with Gasteiger partial charge in [-0.15, -0.1) is 0 Å². The number of rotatable bonds is 4. The van der Waals surface area contributed by atoms with Gasteiger partial charge in [0.25, 0.3) is 0 Å². The highest BCUT2D eigenvalue weighted by Gasteiger charge is 2.21. The SMILES string of the molecule is Cc1ccc(NC(=O)N2CCN(CCN3CCOCC3)CC2)cc1Cl. The van der Waals surface area contributed by atoms with E-state index in [9.17, 15) is 4.79 Å². The van der Waals surface area contributed by atoms with Crippen molar-refractivity contribution in [2.24, 2.45) is 0 Å². The summed E-state index contributed by atoms with van der Waals surface area (Å²) < 4.78 is 5.38. The molecule has 0 atom stereocenters. The number of amides is 2. The van der Waals surface area contributed by atoms with E-state index in [4.69, 9.17) is 16.3 Å². The Morgan fingerprint density at radius 1 is 1.08 bits per heavy atom. The molecule has 2 fully saturated rings. The number of anilines is 1. The smallest absolute Gasteiger partial charge is 0.321 e. The molecule has 2 saturated heterocycles. The average molecular weight is 367 g/mol. The maximum absolute atomic E-state index is 12.4. The summed E-state index contributed by atoms with van der Waals surface area (Å²) >= 11 is 6.12. The molecule has 25 heavy (non-hydrogen) atoms. The van der Waals surface area contributed by atoms with Crippen LogP contribution in [0.3, 0.4) is 0 Å². The zero-order chi connectivity index (χ0) is 17.6. The van der Waals surface area contributed by atoms with E-state index in [1.807, 2.05) is 24.0 Å². The van der Waals surface area contributed by atoms with E-state index < -0.39 is 0 Å². The normalized spacial score (nSPS) is 19.8. The van der Waals surface area contributed by atoms with Crippen LogP contribution in [0.2, 0.25) is 5.02 Å². The van der Waals surface area contributed by atoms with Gasteiger partial charge >= 0.3 is 6.03 Å². The van der Waals surface area contributed by atoms with Crippen molar-refractivity contribution in [3.63, 3.8) is 0 Å². The van der Waals surface area contributed by atoms with Crippen LogP contribution in [-0.4, -0.2) is 86.3 Å². The number of nitrogens with one attached hydrogen (secondary N) is 1. The van der Waals surface area contributed by atoms with E-state index >= 15 is 0 Å². The Balaban J connectivity index is 1.40. The first-order valence-electron chi connectivity index (χ1n) is 8.96. The van der Waals surface area contributed by atoms with Gasteiger partial charge in [0, 0.05) is 63.1 Å². The number of benzene rings is 1. The molecule has 2 aliphatic rings. The zero-order valence-electron chi connectivity index (χ0n) is 14.8. The third kappa shape index (κ3) is 5.31. The summed E-state index contributed by atoms with van der Waals surface area (Å²) in [6.07, 6.45) is 0. The molecule has 7 heteroatoms. The fourth-order valence-corrected chi connectivity index (χ4v) is 3.34. The molecule has 0 radical (unpaired) electrons. The zero-order valence-corrected chi connectivity index (χ0v) is 15.6. The molecule has 3 rings (SSSR count). The molecular weight excluding hydrogens is 340 g/mol. The van der Waals surface area contributed by atoms with E-state index in [2.05, 4.69) is 15.1 Å². The van der Waals surface area contributed by atoms with E-state index in [1.54, 1.807) is 6.07 Å². The Hall–Kier alpha value is -1.34. The maximum atomic E-state index is 12.4. The molecule has 6 nitrogen and oxygen atoms in total. The fraction of sp³-hybridized carbons (Fsp3) is 0.611. The number of aryl methyl sites for hydroxylation is 1. The minimum Gasteiger partial charge on any atom is -0.379 e. The van der Waals surface area contributed by atoms with Crippen LogP contribution < -0.4 is 5.32 Å². The van der Waals surface area contributed by atoms with Gasteiger partial charge in [0.2, 0.25) is 0 Å². The Morgan fingerprint density at radius 2 is 1.72 bits per heavy atom. The van der Waals surface area contributed by atoms with Crippen molar-refractivity contribution in [2.75, 3.05) is 70.9 Å². The molecule has 0 saturated carbocycles. The lowest BCUT2D eigenvalue weighted by Gasteiger charge is -2.36. The van der Waals surface area contributed by atoms with Gasteiger partial charge in [0.05, 0.1) is 13.2 Å². The van der Waals surface area contributed by atoms with Crippen molar-refractivity contribution in [2.45, 2.75) is 6.92 Å². The first-order chi connectivity index (χ1) is 12.1. The minimum atomic E-state index is -0.0484. The van der Waals surface area contributed by atoms with Gasteiger partial charge in [-0.3, -0.25) is 9.80 Å². The number of morpholine rings is 1. The van der Waals surface area contributed by atoms with E-state index in [1.165, 1.54) is 0 Å². The van der Waals surface area contributed by atoms with Crippen molar-refractivity contribution >= 4 is 23.3 Å². The topological polar surface area (TPSA) is 48.1 Å². The van der Waals surface area contributed by atoms with Gasteiger partial charge in [-0.2, -0.15) is 0 Å². The molecule has 1 N–H and O–H groups in total. The van der Waals surface area contributed by atoms with Crippen LogP contribution in [0.4, 0.5) is 10.5 Å². The maximum Gasteiger partial charge on any atom is 0.321 e. The molecule has 0 bridgehead atoms. The lowest BCUT2D eigenvalue weighted by Crippen LogP contribution is -2.51. The minimum absolute atomic E-state index is 0.0484. The van der Waals surface area contributed by atoms with E-state index in [0.29, 0.717) is 5.02 Å². The molecule has 0 aliphatic carbocycles. The Morgan fingerprint density at radius 3 is 2.36 bits per heavy atom. The molecule has 0 spiro atoms. The third-order valence-corrected chi connectivity index (χ3v) is 5.33. The third-order valence-electron chi connectivity index (χ3n) is 4.92. The number of hydrogen-bond acceptors (Lipinski definition) is 4. The number of piperazine rings is 1. The van der Waals surface area contributed by atoms with Crippen molar-refractivity contribution in [3.8, 4) is 0 Å². The average Bonchev–Trinajstić information content (AvgIpc) is 2.64. The van der Waals surface area contributed by atoms with Crippen LogP contribution in [0.1, 0.15) is 5.56 Å². The summed E-state index contributed by atoms with van der Waals surface area (Å²) in [7, 11) is 0. The van der Waals surface area contributed by atoms with Crippen LogP contribution in [0.5, 0.6) is 0 Å². The number of hydrogen-bond donors (Lipinski definition) is 1. The second kappa shape index (κ2) is 8.85. The second-order valence-electron chi connectivity index (χ2n) is 6.68. The summed E-state index contributed by atoms with van der Waals surface area (Å²) in [5.41, 5.74) is 1.75. The molecule has 1 aromatic carbocycles. The number of urea groups is 1. The molecule has 0 aromatic heterocycles. The standard InChI is InChI=1S/C18H27ClN4O2/c1-15-2-3-16(14-17(15)19)20-18(24)23-8-6-21(7-9-23)4-5-22-10-12-25-13-11-22/h2-3,14H,4-13H2,1H3,(H,20,24). The predicted molar refractivity (Wildman–Crippen MR) is 100 cm³/mol. The van der Waals surface area contributed by atoms with E-state index in [-0.39, 0.29) is 6.03 Å². The highest BCUT2D eigenvalue weighted by atomic mass is 35.5. The Labute approximate surface area is 154 Å². The van der Waals surface area contributed by atoms with Crippen LogP contribution in [-0.2, 0) is 4.74 Å². The van der Waals surface area contributed by atoms with Gasteiger partial charge in [0.15, 0.2) is 0 Å². The van der Waals surface area contributed by atoms with Crippen LogP contribution in [0.15, 0.2) is 18.2 Å². The number of halogens is 1. The molecule has 0 unspecified atom stereocenters. The number of carbonyl (C=O) groups is 1. The summed E-state index contributed by atoms with van der Waals surface area (Å²) in [6.45, 7) is 11.2. The second-order valence-corrected chi connectivity index (χ2v) is 7.08. The van der Waals surface area contributed by atoms with Gasteiger partial charge in [-0.25, -0.2) is 4.79 Å². The molecule has 138 valence electrons. The van der Waals surface area contributed by atoms with E-state index in [0.717, 1.165) is 76.8 Å². The molecule has 2 amide bonds. The predicted octanol–water partition coefficient (Wildman–Crippen LogP) is 2.13. The van der Waals surface area contributed by atoms with Crippen molar-refractivity contribution in [1.82, 2.24) is 14.7 Å². The number of carbonyl (C=O) groups excluding carboxylic acids is 1. The van der Waals surface area contributed by atoms with Gasteiger partial charge < -0.3 is 15.0 Å². The lowest BCUT2D eigenvalue weighted by molar-refractivity contribution is 0.0311. The fourth-order valence-electron chi connectivity index (χ4n) is 3.16. The molecular formula is C18H27ClN4O2. The molecule has 2 heterocycles. The van der Waals surface area contributed by atoms with Crippen LogP contribution in [0, 0.1) is 6.92 Å². The van der Waals surface area contributed by atoms with Gasteiger partial charge in [-0.1, -0.05) is 17.7 Å². The van der Waals surface area contributed by atoms with Gasteiger partial charge in [0.1, 0.15) is 0 Å². The van der Waals surface area contributed by atoms with Crippen molar-refractivity contribution in [3.05, 3.63) is 28.8 Å². The Bertz CT molecular complexity index is 584. The van der Waals surface area contributed by atoms with Crippen LogP contribution >= 0.6 is 11.6 Å². The summed E-state index contributed by atoms with van der Waals surface area (Å²) in [5, 5.41) is 3.61. The van der Waals surface area contributed by atoms with Gasteiger partial charge in [-0.05, 0) is 24.6 Å². The molecule has 1 aromatic rings. The summed E-state index contributed by atoms with van der Waals surface area (Å²) in [6, 6.07) is 5.56. The summed E-state index contributed by atoms with van der Waals surface area (Å²) in [5.74, 6) is 0. The van der Waals surface area contributed by atoms with Crippen LogP contribution in [0.25, 0.3) is 0 Å². The largest absolute Gasteiger partial charge is 0.379 e. The number of ether oxygens (including phenoxy) is 1. The first-order valence-corrected chi connectivity index (χ1v) is 9.34. The quantitative estimate of drug-likeness (QED) is 0.886. The summed E-state index contributed by atoms with van der Waals surface area (Å²) in [4.78, 5) is 19.2. The Kier molecular flexibility index (Phi) is 6.53. The highest BCUT2D eigenvalue weighted by Crippen LogP contribution is 2.20. The monoisotopic (exact) mass is 366 g/mol. The van der Waals surface area contributed by atoms with Crippen molar-refractivity contribution < 1.29 is 9.53 Å². The van der Waals surface area contributed by atoms with Crippen molar-refractivity contribution in [1.29, 1.82) is 0 Å². The number of nitrogens with zero attached hydrogens (tertiary/aromatic N) is 3. The lowest BCUT2D eigenvalue weighted by atomic mass is 10.2.